The zero-order valence-electron chi connectivity index (χ0n) is 10.6. The average molecular weight is 269 g/mol. The molecule has 3 aromatic heterocycles. The molecular formula is C13H11N5O2. The largest absolute Gasteiger partial charge is 0.481 e. The summed E-state index contributed by atoms with van der Waals surface area (Å²) in [6.45, 7) is 0. The minimum atomic E-state index is -0.312. The molecule has 0 aliphatic heterocycles. The molecule has 0 aromatic carbocycles. The summed E-state index contributed by atoms with van der Waals surface area (Å²) in [7, 11) is 1.53. The number of imidazole rings is 1. The van der Waals surface area contributed by atoms with Gasteiger partial charge in [0.05, 0.1) is 19.0 Å². The highest BCUT2D eigenvalue weighted by Crippen LogP contribution is 2.12. The Balaban J connectivity index is 1.80. The average Bonchev–Trinajstić information content (AvgIpc) is 2.95. The molecule has 3 aromatic rings. The molecule has 100 valence electrons. The van der Waals surface area contributed by atoms with Crippen LogP contribution in [0.2, 0.25) is 0 Å². The van der Waals surface area contributed by atoms with Crippen molar-refractivity contribution in [1.82, 2.24) is 19.6 Å². The molecule has 0 aliphatic carbocycles. The van der Waals surface area contributed by atoms with Crippen LogP contribution in [0.5, 0.6) is 5.88 Å². The predicted molar refractivity (Wildman–Crippen MR) is 71.7 cm³/mol. The lowest BCUT2D eigenvalue weighted by molar-refractivity contribution is 0.102. The lowest BCUT2D eigenvalue weighted by Gasteiger charge is -2.05. The summed E-state index contributed by atoms with van der Waals surface area (Å²) in [5, 5.41) is 6.88. The van der Waals surface area contributed by atoms with E-state index in [1.807, 2.05) is 0 Å². The molecule has 3 heterocycles. The van der Waals surface area contributed by atoms with Gasteiger partial charge in [0, 0.05) is 18.5 Å². The van der Waals surface area contributed by atoms with Crippen LogP contribution >= 0.6 is 0 Å². The SMILES string of the molecule is COc1ccc(NC(=O)c2ccc3nccn3n2)cn1. The number of hydrogen-bond acceptors (Lipinski definition) is 5. The Labute approximate surface area is 114 Å². The fourth-order valence-electron chi connectivity index (χ4n) is 1.71. The minimum absolute atomic E-state index is 0.298. The summed E-state index contributed by atoms with van der Waals surface area (Å²) in [6, 6.07) is 6.73. The minimum Gasteiger partial charge on any atom is -0.481 e. The second kappa shape index (κ2) is 4.96. The van der Waals surface area contributed by atoms with Crippen molar-refractivity contribution >= 4 is 17.2 Å². The first-order valence-corrected chi connectivity index (χ1v) is 5.88. The number of nitrogens with one attached hydrogen (secondary N) is 1. The van der Waals surface area contributed by atoms with Gasteiger partial charge in [0.2, 0.25) is 5.88 Å². The van der Waals surface area contributed by atoms with Crippen LogP contribution in [0.15, 0.2) is 42.9 Å². The monoisotopic (exact) mass is 269 g/mol. The highest BCUT2D eigenvalue weighted by molar-refractivity contribution is 6.02. The summed E-state index contributed by atoms with van der Waals surface area (Å²) in [5.41, 5.74) is 1.56. The summed E-state index contributed by atoms with van der Waals surface area (Å²) >= 11 is 0. The highest BCUT2D eigenvalue weighted by atomic mass is 16.5. The summed E-state index contributed by atoms with van der Waals surface area (Å²) < 4.78 is 6.49. The van der Waals surface area contributed by atoms with Gasteiger partial charge in [-0.15, -0.1) is 0 Å². The number of pyridine rings is 1. The second-order valence-electron chi connectivity index (χ2n) is 3.99. The quantitative estimate of drug-likeness (QED) is 0.777. The van der Waals surface area contributed by atoms with Crippen molar-refractivity contribution < 1.29 is 9.53 Å². The van der Waals surface area contributed by atoms with Crippen molar-refractivity contribution in [3.05, 3.63) is 48.5 Å². The van der Waals surface area contributed by atoms with E-state index in [0.717, 1.165) is 0 Å². The van der Waals surface area contributed by atoms with Gasteiger partial charge in [-0.3, -0.25) is 4.79 Å². The number of nitrogens with zero attached hydrogens (tertiary/aromatic N) is 4. The molecule has 7 nitrogen and oxygen atoms in total. The fraction of sp³-hybridized carbons (Fsp3) is 0.0769. The van der Waals surface area contributed by atoms with E-state index < -0.39 is 0 Å². The van der Waals surface area contributed by atoms with Gasteiger partial charge in [-0.25, -0.2) is 14.5 Å². The summed E-state index contributed by atoms with van der Waals surface area (Å²) in [6.07, 6.45) is 4.82. The topological polar surface area (TPSA) is 81.4 Å². The zero-order chi connectivity index (χ0) is 13.9. The molecule has 1 N–H and O–H groups in total. The van der Waals surface area contributed by atoms with Crippen LogP contribution in [0.4, 0.5) is 5.69 Å². The van der Waals surface area contributed by atoms with Gasteiger partial charge < -0.3 is 10.1 Å². The Hall–Kier alpha value is -2.96. The van der Waals surface area contributed by atoms with E-state index in [1.54, 1.807) is 41.2 Å². The lowest BCUT2D eigenvalue weighted by Crippen LogP contribution is -2.15. The number of hydrogen-bond donors (Lipinski definition) is 1. The van der Waals surface area contributed by atoms with Crippen LogP contribution in [0.3, 0.4) is 0 Å². The van der Waals surface area contributed by atoms with Crippen LogP contribution in [-0.2, 0) is 0 Å². The molecule has 0 radical (unpaired) electrons. The molecule has 0 saturated carbocycles. The van der Waals surface area contributed by atoms with Gasteiger partial charge >= 0.3 is 0 Å². The highest BCUT2D eigenvalue weighted by Gasteiger charge is 2.09. The Morgan fingerprint density at radius 2 is 2.15 bits per heavy atom. The van der Waals surface area contributed by atoms with Gasteiger partial charge in [-0.1, -0.05) is 0 Å². The lowest BCUT2D eigenvalue weighted by atomic mass is 10.3. The number of aromatic nitrogens is 4. The van der Waals surface area contributed by atoms with Gasteiger partial charge in [0.25, 0.3) is 5.91 Å². The Morgan fingerprint density at radius 1 is 1.25 bits per heavy atom. The molecule has 20 heavy (non-hydrogen) atoms. The van der Waals surface area contributed by atoms with Crippen molar-refractivity contribution in [2.75, 3.05) is 12.4 Å². The smallest absolute Gasteiger partial charge is 0.276 e. The first-order valence-electron chi connectivity index (χ1n) is 5.88. The van der Waals surface area contributed by atoms with Crippen molar-refractivity contribution in [2.24, 2.45) is 0 Å². The molecular weight excluding hydrogens is 258 g/mol. The third-order valence-corrected chi connectivity index (χ3v) is 2.69. The maximum absolute atomic E-state index is 12.1. The summed E-state index contributed by atoms with van der Waals surface area (Å²) in [5.74, 6) is 0.175. The fourth-order valence-corrected chi connectivity index (χ4v) is 1.71. The van der Waals surface area contributed by atoms with Gasteiger partial charge in [0.1, 0.15) is 5.69 Å². The molecule has 0 bridgehead atoms. The number of carbonyl (C=O) groups is 1. The number of anilines is 1. The third kappa shape index (κ3) is 2.28. The molecule has 0 saturated heterocycles. The van der Waals surface area contributed by atoms with Crippen LogP contribution in [-0.4, -0.2) is 32.6 Å². The van der Waals surface area contributed by atoms with E-state index in [0.29, 0.717) is 22.9 Å². The molecule has 0 fully saturated rings. The zero-order valence-corrected chi connectivity index (χ0v) is 10.6. The number of amides is 1. The van der Waals surface area contributed by atoms with E-state index in [4.69, 9.17) is 4.74 Å². The first kappa shape index (κ1) is 12.1. The Kier molecular flexibility index (Phi) is 3.00. The third-order valence-electron chi connectivity index (χ3n) is 2.69. The second-order valence-corrected chi connectivity index (χ2v) is 3.99. The molecule has 0 aliphatic rings. The van der Waals surface area contributed by atoms with Gasteiger partial charge in [-0.05, 0) is 18.2 Å². The standard InChI is InChI=1S/C13H11N5O2/c1-20-12-5-2-9(8-15-12)16-13(19)10-3-4-11-14-6-7-18(11)17-10/h2-8H,1H3,(H,16,19). The number of ether oxygens (including phenoxy) is 1. The molecule has 7 heteroatoms. The number of fused-ring (bicyclic) bond motifs is 1. The molecule has 3 rings (SSSR count). The first-order chi connectivity index (χ1) is 9.76. The predicted octanol–water partition coefficient (Wildman–Crippen LogP) is 1.39. The molecule has 0 atom stereocenters. The van der Waals surface area contributed by atoms with Gasteiger partial charge in [0.15, 0.2) is 5.65 Å². The molecule has 0 unspecified atom stereocenters. The van der Waals surface area contributed by atoms with Crippen molar-refractivity contribution in [3.63, 3.8) is 0 Å². The molecule has 0 spiro atoms. The number of rotatable bonds is 3. The Bertz CT molecular complexity index is 751. The normalized spacial score (nSPS) is 10.4. The van der Waals surface area contributed by atoms with E-state index >= 15 is 0 Å². The van der Waals surface area contributed by atoms with Crippen molar-refractivity contribution in [3.8, 4) is 5.88 Å². The van der Waals surface area contributed by atoms with E-state index in [2.05, 4.69) is 20.4 Å². The summed E-state index contributed by atoms with van der Waals surface area (Å²) in [4.78, 5) is 20.1. The van der Waals surface area contributed by atoms with Crippen LogP contribution in [0.1, 0.15) is 10.5 Å². The number of carbonyl (C=O) groups excluding carboxylic acids is 1. The van der Waals surface area contributed by atoms with E-state index in [-0.39, 0.29) is 5.91 Å². The maximum atomic E-state index is 12.1. The van der Waals surface area contributed by atoms with E-state index in [9.17, 15) is 4.79 Å². The van der Waals surface area contributed by atoms with Crippen molar-refractivity contribution in [2.45, 2.75) is 0 Å². The van der Waals surface area contributed by atoms with Gasteiger partial charge in [-0.2, -0.15) is 5.10 Å². The van der Waals surface area contributed by atoms with E-state index in [1.165, 1.54) is 13.3 Å². The van der Waals surface area contributed by atoms with Crippen molar-refractivity contribution in [1.29, 1.82) is 0 Å². The Morgan fingerprint density at radius 3 is 2.90 bits per heavy atom. The van der Waals surface area contributed by atoms with Crippen LogP contribution < -0.4 is 10.1 Å². The number of methoxy groups -OCH3 is 1. The molecule has 1 amide bonds. The maximum Gasteiger partial charge on any atom is 0.276 e. The van der Waals surface area contributed by atoms with Crippen LogP contribution in [0, 0.1) is 0 Å². The van der Waals surface area contributed by atoms with Crippen LogP contribution in [0.25, 0.3) is 5.65 Å².